The summed E-state index contributed by atoms with van der Waals surface area (Å²) in [4.78, 5) is 27.9. The van der Waals surface area contributed by atoms with Gasteiger partial charge in [0, 0.05) is 12.6 Å². The number of anilines is 2. The summed E-state index contributed by atoms with van der Waals surface area (Å²) in [5, 5.41) is 2.79. The van der Waals surface area contributed by atoms with Crippen molar-refractivity contribution in [1.82, 2.24) is 4.98 Å². The molecule has 104 valence electrons. The maximum Gasteiger partial charge on any atom is 0.259 e. The average Bonchev–Trinajstić information content (AvgIpc) is 2.73. The van der Waals surface area contributed by atoms with Crippen LogP contribution in [0.3, 0.4) is 0 Å². The van der Waals surface area contributed by atoms with E-state index in [4.69, 9.17) is 5.73 Å². The molecule has 20 heavy (non-hydrogen) atoms. The second kappa shape index (κ2) is 5.38. The summed E-state index contributed by atoms with van der Waals surface area (Å²) >= 11 is 1.07. The van der Waals surface area contributed by atoms with Gasteiger partial charge in [0.1, 0.15) is 5.82 Å². The summed E-state index contributed by atoms with van der Waals surface area (Å²) in [6.45, 7) is 3.11. The smallest absolute Gasteiger partial charge is 0.259 e. The number of halogens is 1. The Balaban J connectivity index is 2.26. The SMILES string of the molecule is CC(=O)c1sc(NC(=O)c2cc(F)ccc2N)nc1C. The largest absolute Gasteiger partial charge is 0.398 e. The number of aromatic nitrogens is 1. The number of nitrogens with zero attached hydrogens (tertiary/aromatic N) is 1. The number of thiazole rings is 1. The Morgan fingerprint density at radius 1 is 1.40 bits per heavy atom. The molecule has 0 atom stereocenters. The highest BCUT2D eigenvalue weighted by atomic mass is 32.1. The summed E-state index contributed by atoms with van der Waals surface area (Å²) in [6, 6.07) is 3.54. The molecule has 0 aliphatic rings. The van der Waals surface area contributed by atoms with Crippen LogP contribution in [-0.4, -0.2) is 16.7 Å². The molecule has 1 amide bonds. The third kappa shape index (κ3) is 2.83. The van der Waals surface area contributed by atoms with Crippen LogP contribution in [-0.2, 0) is 0 Å². The monoisotopic (exact) mass is 293 g/mol. The number of hydrogen-bond acceptors (Lipinski definition) is 5. The average molecular weight is 293 g/mol. The Kier molecular flexibility index (Phi) is 3.80. The molecule has 0 unspecified atom stereocenters. The lowest BCUT2D eigenvalue weighted by molar-refractivity contribution is 0.101. The molecule has 0 aliphatic heterocycles. The van der Waals surface area contributed by atoms with Crippen LogP contribution >= 0.6 is 11.3 Å². The first kappa shape index (κ1) is 14.1. The first-order valence-corrected chi connectivity index (χ1v) is 6.55. The van der Waals surface area contributed by atoms with Crippen LogP contribution in [0.5, 0.6) is 0 Å². The standard InChI is InChI=1S/C13H12FN3O2S/c1-6-11(7(2)18)20-13(16-6)17-12(19)9-5-8(14)3-4-10(9)15/h3-5H,15H2,1-2H3,(H,16,17,19). The molecule has 1 aromatic carbocycles. The van der Waals surface area contributed by atoms with Crippen LogP contribution in [0.2, 0.25) is 0 Å². The Labute approximate surface area is 118 Å². The highest BCUT2D eigenvalue weighted by Crippen LogP contribution is 2.24. The Morgan fingerprint density at radius 3 is 2.70 bits per heavy atom. The predicted octanol–water partition coefficient (Wildman–Crippen LogP) is 2.63. The van der Waals surface area contributed by atoms with Gasteiger partial charge in [0.05, 0.1) is 16.1 Å². The maximum absolute atomic E-state index is 13.1. The van der Waals surface area contributed by atoms with E-state index >= 15 is 0 Å². The molecule has 0 radical (unpaired) electrons. The lowest BCUT2D eigenvalue weighted by Gasteiger charge is -2.05. The van der Waals surface area contributed by atoms with Gasteiger partial charge < -0.3 is 5.73 Å². The van der Waals surface area contributed by atoms with Crippen molar-refractivity contribution in [3.05, 3.63) is 40.2 Å². The molecule has 0 fully saturated rings. The molecule has 7 heteroatoms. The minimum atomic E-state index is -0.564. The van der Waals surface area contributed by atoms with Crippen LogP contribution in [0.4, 0.5) is 15.2 Å². The highest BCUT2D eigenvalue weighted by Gasteiger charge is 2.16. The second-order valence-electron chi connectivity index (χ2n) is 4.18. The van der Waals surface area contributed by atoms with Gasteiger partial charge in [-0.05, 0) is 25.1 Å². The number of ketones is 1. The number of aryl methyl sites for hydroxylation is 1. The number of benzene rings is 1. The molecule has 5 nitrogen and oxygen atoms in total. The van der Waals surface area contributed by atoms with Crippen LogP contribution in [0.25, 0.3) is 0 Å². The number of carbonyl (C=O) groups excluding carboxylic acids is 2. The Morgan fingerprint density at radius 2 is 2.10 bits per heavy atom. The minimum absolute atomic E-state index is 0.0298. The summed E-state index contributed by atoms with van der Waals surface area (Å²) < 4.78 is 13.1. The first-order valence-electron chi connectivity index (χ1n) is 5.73. The van der Waals surface area contributed by atoms with E-state index in [2.05, 4.69) is 10.3 Å². The van der Waals surface area contributed by atoms with E-state index in [1.165, 1.54) is 19.1 Å². The third-order valence-electron chi connectivity index (χ3n) is 2.60. The number of nitrogen functional groups attached to an aromatic ring is 1. The van der Waals surface area contributed by atoms with Gasteiger partial charge in [-0.1, -0.05) is 11.3 Å². The zero-order valence-electron chi connectivity index (χ0n) is 10.9. The minimum Gasteiger partial charge on any atom is -0.398 e. The first-order chi connectivity index (χ1) is 9.38. The Hall–Kier alpha value is -2.28. The molecule has 2 aromatic rings. The van der Waals surface area contributed by atoms with Crippen molar-refractivity contribution in [1.29, 1.82) is 0 Å². The van der Waals surface area contributed by atoms with Gasteiger partial charge in [-0.15, -0.1) is 0 Å². The Bertz CT molecular complexity index is 697. The van der Waals surface area contributed by atoms with Crippen molar-refractivity contribution in [2.45, 2.75) is 13.8 Å². The van der Waals surface area contributed by atoms with Crippen molar-refractivity contribution >= 4 is 33.8 Å². The van der Waals surface area contributed by atoms with E-state index < -0.39 is 11.7 Å². The van der Waals surface area contributed by atoms with E-state index in [0.29, 0.717) is 10.6 Å². The lowest BCUT2D eigenvalue weighted by Crippen LogP contribution is -2.14. The number of carbonyl (C=O) groups is 2. The molecule has 1 aromatic heterocycles. The molecular weight excluding hydrogens is 281 g/mol. The number of nitrogens with two attached hydrogens (primary N) is 1. The molecule has 1 heterocycles. The summed E-state index contributed by atoms with van der Waals surface area (Å²) in [7, 11) is 0. The van der Waals surface area contributed by atoms with Gasteiger partial charge in [-0.25, -0.2) is 9.37 Å². The number of hydrogen-bond donors (Lipinski definition) is 2. The molecule has 3 N–H and O–H groups in total. The fourth-order valence-electron chi connectivity index (χ4n) is 1.67. The van der Waals surface area contributed by atoms with Crippen molar-refractivity contribution < 1.29 is 14.0 Å². The summed E-state index contributed by atoms with van der Waals surface area (Å²) in [5.74, 6) is -1.24. The predicted molar refractivity (Wildman–Crippen MR) is 75.6 cm³/mol. The van der Waals surface area contributed by atoms with Crippen molar-refractivity contribution in [3.8, 4) is 0 Å². The van der Waals surface area contributed by atoms with E-state index in [0.717, 1.165) is 17.4 Å². The van der Waals surface area contributed by atoms with Gasteiger partial charge in [0.2, 0.25) is 0 Å². The number of rotatable bonds is 3. The zero-order chi connectivity index (χ0) is 14.9. The third-order valence-corrected chi connectivity index (χ3v) is 3.77. The zero-order valence-corrected chi connectivity index (χ0v) is 11.7. The van der Waals surface area contributed by atoms with Gasteiger partial charge in [-0.2, -0.15) is 0 Å². The van der Waals surface area contributed by atoms with Crippen LogP contribution < -0.4 is 11.1 Å². The molecule has 0 saturated heterocycles. The number of nitrogens with one attached hydrogen (secondary N) is 1. The lowest BCUT2D eigenvalue weighted by atomic mass is 10.1. The van der Waals surface area contributed by atoms with Crippen molar-refractivity contribution in [3.63, 3.8) is 0 Å². The maximum atomic E-state index is 13.1. The number of Topliss-reactive ketones (excluding diaryl/α,β-unsaturated/α-hetero) is 1. The molecule has 0 aliphatic carbocycles. The fourth-order valence-corrected chi connectivity index (χ4v) is 2.52. The highest BCUT2D eigenvalue weighted by molar-refractivity contribution is 7.17. The fraction of sp³-hybridized carbons (Fsp3) is 0.154. The van der Waals surface area contributed by atoms with Gasteiger partial charge in [-0.3, -0.25) is 14.9 Å². The molecule has 0 bridgehead atoms. The second-order valence-corrected chi connectivity index (χ2v) is 5.17. The normalized spacial score (nSPS) is 10.3. The van der Waals surface area contributed by atoms with Crippen molar-refractivity contribution in [2.75, 3.05) is 11.1 Å². The van der Waals surface area contributed by atoms with Crippen LogP contribution in [0.15, 0.2) is 18.2 Å². The van der Waals surface area contributed by atoms with Gasteiger partial charge >= 0.3 is 0 Å². The van der Waals surface area contributed by atoms with E-state index in [9.17, 15) is 14.0 Å². The topological polar surface area (TPSA) is 85.1 Å². The molecule has 2 rings (SSSR count). The van der Waals surface area contributed by atoms with Crippen LogP contribution in [0, 0.1) is 12.7 Å². The summed E-state index contributed by atoms with van der Waals surface area (Å²) in [6.07, 6.45) is 0. The van der Waals surface area contributed by atoms with E-state index in [1.807, 2.05) is 0 Å². The quantitative estimate of drug-likeness (QED) is 0.673. The van der Waals surface area contributed by atoms with Crippen LogP contribution in [0.1, 0.15) is 32.6 Å². The number of amides is 1. The van der Waals surface area contributed by atoms with E-state index in [-0.39, 0.29) is 22.2 Å². The molecule has 0 spiro atoms. The van der Waals surface area contributed by atoms with Gasteiger partial charge in [0.15, 0.2) is 10.9 Å². The van der Waals surface area contributed by atoms with E-state index in [1.54, 1.807) is 6.92 Å². The van der Waals surface area contributed by atoms with Gasteiger partial charge in [0.25, 0.3) is 5.91 Å². The molecule has 0 saturated carbocycles. The van der Waals surface area contributed by atoms with Crippen molar-refractivity contribution in [2.24, 2.45) is 0 Å². The summed E-state index contributed by atoms with van der Waals surface area (Å²) in [5.41, 5.74) is 6.38. The molecular formula is C13H12FN3O2S.